The van der Waals surface area contributed by atoms with Gasteiger partial charge in [0.1, 0.15) is 10.4 Å². The average Bonchev–Trinajstić information content (AvgIpc) is 3.63. The molecule has 3 aromatic heterocycles. The van der Waals surface area contributed by atoms with Crippen LogP contribution in [-0.4, -0.2) is 35.0 Å². The van der Waals surface area contributed by atoms with Crippen LogP contribution in [-0.2, 0) is 17.6 Å². The topological polar surface area (TPSA) is 123 Å². The second-order valence-corrected chi connectivity index (χ2v) is 14.4. The zero-order valence-corrected chi connectivity index (χ0v) is 26.9. The number of hydrogen-bond donors (Lipinski definition) is 3. The van der Waals surface area contributed by atoms with Crippen molar-refractivity contribution >= 4 is 45.1 Å². The number of amides is 3. The molecule has 10 heteroatoms. The Bertz CT molecular complexity index is 1650. The van der Waals surface area contributed by atoms with Gasteiger partial charge in [-0.3, -0.25) is 9.59 Å². The van der Waals surface area contributed by atoms with Gasteiger partial charge < -0.3 is 25.1 Å². The molecule has 0 spiro atoms. The Kier molecular flexibility index (Phi) is 8.83. The summed E-state index contributed by atoms with van der Waals surface area (Å²) in [6.45, 7) is 12.3. The van der Waals surface area contributed by atoms with E-state index in [1.807, 2.05) is 6.07 Å². The Morgan fingerprint density at radius 2 is 1.80 bits per heavy atom. The van der Waals surface area contributed by atoms with Crippen molar-refractivity contribution in [3.63, 3.8) is 0 Å². The van der Waals surface area contributed by atoms with Crippen LogP contribution in [0.1, 0.15) is 91.1 Å². The van der Waals surface area contributed by atoms with E-state index in [0.717, 1.165) is 40.7 Å². The molecular weight excluding hydrogens is 576 g/mol. The number of rotatable bonds is 7. The maximum Gasteiger partial charge on any atom is 0.407 e. The Morgan fingerprint density at radius 1 is 1.05 bits per heavy atom. The molecule has 1 aliphatic carbocycles. The molecule has 0 bridgehead atoms. The molecule has 0 radical (unpaired) electrons. The number of nitrogens with one attached hydrogen (secondary N) is 3. The highest BCUT2D eigenvalue weighted by Crippen LogP contribution is 2.38. The first-order chi connectivity index (χ1) is 20.7. The minimum absolute atomic E-state index is 0.102. The van der Waals surface area contributed by atoms with Crippen LogP contribution in [0.4, 0.5) is 10.5 Å². The summed E-state index contributed by atoms with van der Waals surface area (Å²) in [7, 11) is 0. The van der Waals surface area contributed by atoms with Crippen LogP contribution < -0.4 is 16.0 Å². The number of ether oxygens (including phenoxy) is 1. The van der Waals surface area contributed by atoms with Gasteiger partial charge in [-0.25, -0.2) is 9.78 Å². The highest BCUT2D eigenvalue weighted by atomic mass is 32.1. The number of aryl methyl sites for hydroxylation is 1. The van der Waals surface area contributed by atoms with E-state index in [9.17, 15) is 14.4 Å². The van der Waals surface area contributed by atoms with Crippen molar-refractivity contribution in [2.75, 3.05) is 11.9 Å². The van der Waals surface area contributed by atoms with Crippen molar-refractivity contribution in [1.82, 2.24) is 15.6 Å². The summed E-state index contributed by atoms with van der Waals surface area (Å²) in [5.74, 6) is 0.171. The summed E-state index contributed by atoms with van der Waals surface area (Å²) >= 11 is 1.37. The van der Waals surface area contributed by atoms with E-state index in [2.05, 4.69) is 42.8 Å². The molecule has 9 nitrogen and oxygen atoms in total. The summed E-state index contributed by atoms with van der Waals surface area (Å²) in [6, 6.07) is 13.8. The van der Waals surface area contributed by atoms with Crippen LogP contribution in [0.25, 0.3) is 10.2 Å². The monoisotopic (exact) mass is 616 g/mol. The minimum atomic E-state index is -0.660. The molecule has 0 saturated carbocycles. The van der Waals surface area contributed by atoms with E-state index in [-0.39, 0.29) is 29.5 Å². The number of fused-ring (bicyclic) bond motifs is 2. The van der Waals surface area contributed by atoms with Crippen LogP contribution in [0.15, 0.2) is 59.2 Å². The fraction of sp³-hybridized carbons (Fsp3) is 0.412. The Morgan fingerprint density at radius 3 is 2.45 bits per heavy atom. The maximum atomic E-state index is 13.6. The number of aromatic nitrogens is 1. The third-order valence-corrected chi connectivity index (χ3v) is 8.84. The summed E-state index contributed by atoms with van der Waals surface area (Å²) < 4.78 is 10.6. The standard InChI is InChI=1S/C34H40N4O5S/c1-33(2,3)23-11-14-25-21(17-23)16-22-18-28(44-31(22)38-25)30(40)37-26(19-35-32(41)43-34(4,5)6)20-9-12-24(13-10-20)36-29(39)27-8-7-15-42-27/h7-10,12-13,15-16,18,23,26H,11,14,17,19H2,1-6H3,(H,35,41)(H,36,39)(H,37,40). The zero-order chi connectivity index (χ0) is 31.6. The summed E-state index contributed by atoms with van der Waals surface area (Å²) in [4.78, 5) is 44.8. The van der Waals surface area contributed by atoms with Crippen molar-refractivity contribution in [1.29, 1.82) is 0 Å². The van der Waals surface area contributed by atoms with Gasteiger partial charge in [-0.15, -0.1) is 11.3 Å². The van der Waals surface area contributed by atoms with Gasteiger partial charge in [0.15, 0.2) is 5.76 Å². The number of thiophene rings is 1. The van der Waals surface area contributed by atoms with Gasteiger partial charge in [0.2, 0.25) is 0 Å². The number of benzene rings is 1. The van der Waals surface area contributed by atoms with Crippen molar-refractivity contribution in [2.24, 2.45) is 11.3 Å². The predicted octanol–water partition coefficient (Wildman–Crippen LogP) is 7.29. The lowest BCUT2D eigenvalue weighted by Gasteiger charge is -2.34. The van der Waals surface area contributed by atoms with Gasteiger partial charge in [0, 0.05) is 23.3 Å². The smallest absolute Gasteiger partial charge is 0.407 e. The number of carbonyl (C=O) groups excluding carboxylic acids is 3. The number of furan rings is 1. The summed E-state index contributed by atoms with van der Waals surface area (Å²) in [6.07, 6.45) is 3.92. The molecule has 4 aromatic rings. The Labute approximate surface area is 261 Å². The lowest BCUT2D eigenvalue weighted by atomic mass is 9.71. The molecule has 3 heterocycles. The van der Waals surface area contributed by atoms with Crippen molar-refractivity contribution in [3.05, 3.63) is 82.3 Å². The van der Waals surface area contributed by atoms with Crippen LogP contribution in [0.3, 0.4) is 0 Å². The van der Waals surface area contributed by atoms with E-state index in [1.54, 1.807) is 57.2 Å². The largest absolute Gasteiger partial charge is 0.459 e. The lowest BCUT2D eigenvalue weighted by Crippen LogP contribution is -2.40. The van der Waals surface area contributed by atoms with E-state index < -0.39 is 17.7 Å². The molecule has 232 valence electrons. The quantitative estimate of drug-likeness (QED) is 0.200. The van der Waals surface area contributed by atoms with Gasteiger partial charge in [-0.2, -0.15) is 0 Å². The molecular formula is C34H40N4O5S. The summed E-state index contributed by atoms with van der Waals surface area (Å²) in [5.41, 5.74) is 3.28. The molecule has 0 aliphatic heterocycles. The number of anilines is 1. The maximum absolute atomic E-state index is 13.6. The highest BCUT2D eigenvalue weighted by molar-refractivity contribution is 7.20. The Hall–Kier alpha value is -4.18. The molecule has 3 amide bonds. The van der Waals surface area contributed by atoms with Crippen LogP contribution >= 0.6 is 11.3 Å². The second kappa shape index (κ2) is 12.4. The van der Waals surface area contributed by atoms with Gasteiger partial charge in [0.25, 0.3) is 11.8 Å². The number of carbonyl (C=O) groups is 3. The van der Waals surface area contributed by atoms with E-state index >= 15 is 0 Å². The van der Waals surface area contributed by atoms with Gasteiger partial charge in [-0.05, 0) is 98.9 Å². The fourth-order valence-electron chi connectivity index (χ4n) is 5.35. The van der Waals surface area contributed by atoms with Crippen LogP contribution in [0.5, 0.6) is 0 Å². The van der Waals surface area contributed by atoms with Crippen molar-refractivity contribution in [2.45, 2.75) is 72.4 Å². The van der Waals surface area contributed by atoms with E-state index in [1.165, 1.54) is 23.2 Å². The summed E-state index contributed by atoms with van der Waals surface area (Å²) in [5, 5.41) is 9.60. The van der Waals surface area contributed by atoms with Gasteiger partial charge >= 0.3 is 6.09 Å². The average molecular weight is 617 g/mol. The van der Waals surface area contributed by atoms with Crippen LogP contribution in [0.2, 0.25) is 0 Å². The van der Waals surface area contributed by atoms with E-state index in [0.29, 0.717) is 16.5 Å². The predicted molar refractivity (Wildman–Crippen MR) is 172 cm³/mol. The molecule has 2 atom stereocenters. The molecule has 44 heavy (non-hydrogen) atoms. The normalized spacial score (nSPS) is 15.7. The molecule has 0 saturated heterocycles. The first kappa shape index (κ1) is 31.3. The third kappa shape index (κ3) is 7.66. The van der Waals surface area contributed by atoms with Gasteiger partial charge in [-0.1, -0.05) is 32.9 Å². The highest BCUT2D eigenvalue weighted by Gasteiger charge is 2.30. The number of hydrogen-bond acceptors (Lipinski definition) is 7. The van der Waals surface area contributed by atoms with Crippen molar-refractivity contribution < 1.29 is 23.5 Å². The fourth-order valence-corrected chi connectivity index (χ4v) is 6.29. The van der Waals surface area contributed by atoms with Gasteiger partial charge in [0.05, 0.1) is 17.2 Å². The van der Waals surface area contributed by atoms with Crippen LogP contribution in [0, 0.1) is 11.3 Å². The van der Waals surface area contributed by atoms with Crippen molar-refractivity contribution in [3.8, 4) is 0 Å². The SMILES string of the molecule is CC(C)(C)OC(=O)NCC(NC(=O)c1cc2cc3c(nc2s1)CCC(C(C)(C)C)C3)c1ccc(NC(=O)c2ccco2)cc1. The molecule has 3 N–H and O–H groups in total. The molecule has 2 unspecified atom stereocenters. The molecule has 0 fully saturated rings. The third-order valence-electron chi connectivity index (χ3n) is 7.79. The lowest BCUT2D eigenvalue weighted by molar-refractivity contribution is 0.0519. The number of alkyl carbamates (subject to hydrolysis) is 1. The minimum Gasteiger partial charge on any atom is -0.459 e. The molecule has 1 aromatic carbocycles. The second-order valence-electron chi connectivity index (χ2n) is 13.4. The Balaban J connectivity index is 1.34. The molecule has 5 rings (SSSR count). The first-order valence-corrected chi connectivity index (χ1v) is 15.7. The number of pyridine rings is 1. The first-order valence-electron chi connectivity index (χ1n) is 14.9. The number of nitrogens with zero attached hydrogens (tertiary/aromatic N) is 1. The zero-order valence-electron chi connectivity index (χ0n) is 26.1. The van der Waals surface area contributed by atoms with E-state index in [4.69, 9.17) is 14.1 Å². The molecule has 1 aliphatic rings.